The molecule has 1 aromatic carbocycles. The Hall–Kier alpha value is -2.32. The van der Waals surface area contributed by atoms with E-state index in [2.05, 4.69) is 20.5 Å². The first-order valence-electron chi connectivity index (χ1n) is 7.60. The first-order chi connectivity index (χ1) is 11.3. The van der Waals surface area contributed by atoms with Crippen LogP contribution in [-0.2, 0) is 15.1 Å². The molecular weight excluding hydrogens is 300 g/mol. The van der Waals surface area contributed by atoms with Gasteiger partial charge in [0.05, 0.1) is 13.2 Å². The van der Waals surface area contributed by atoms with E-state index in [4.69, 9.17) is 18.9 Å². The van der Waals surface area contributed by atoms with Crippen molar-refractivity contribution in [3.8, 4) is 11.5 Å². The van der Waals surface area contributed by atoms with Crippen molar-refractivity contribution in [2.45, 2.75) is 18.9 Å². The number of fused-ring (bicyclic) bond motifs is 1. The van der Waals surface area contributed by atoms with E-state index in [-0.39, 0.29) is 6.79 Å². The zero-order valence-electron chi connectivity index (χ0n) is 12.8. The molecule has 0 bridgehead atoms. The predicted molar refractivity (Wildman–Crippen MR) is 81.0 cm³/mol. The highest BCUT2D eigenvalue weighted by atomic mass is 16.7. The summed E-state index contributed by atoms with van der Waals surface area (Å²) < 4.78 is 22.0. The minimum atomic E-state index is -0.531. The third-order valence-electron chi connectivity index (χ3n) is 3.95. The highest BCUT2D eigenvalue weighted by Crippen LogP contribution is 2.35. The summed E-state index contributed by atoms with van der Waals surface area (Å²) in [6.45, 7) is 3.95. The number of aromatic amines is 1. The lowest BCUT2D eigenvalue weighted by atomic mass is 10.0. The summed E-state index contributed by atoms with van der Waals surface area (Å²) >= 11 is 0. The molecule has 2 N–H and O–H groups in total. The van der Waals surface area contributed by atoms with Gasteiger partial charge in [-0.05, 0) is 19.1 Å². The lowest BCUT2D eigenvalue weighted by Gasteiger charge is -2.24. The van der Waals surface area contributed by atoms with Crippen LogP contribution >= 0.6 is 0 Å². The second-order valence-electron chi connectivity index (χ2n) is 5.43. The quantitative estimate of drug-likeness (QED) is 0.870. The number of anilines is 2. The van der Waals surface area contributed by atoms with E-state index in [0.717, 1.165) is 17.9 Å². The maximum absolute atomic E-state index is 5.88. The molecule has 2 aliphatic rings. The molecule has 2 aromatic rings. The molecule has 1 aromatic heterocycles. The summed E-state index contributed by atoms with van der Waals surface area (Å²) in [5.74, 6) is 2.61. The summed E-state index contributed by atoms with van der Waals surface area (Å²) in [6, 6.07) is 5.60. The molecule has 0 spiro atoms. The van der Waals surface area contributed by atoms with Gasteiger partial charge in [-0.3, -0.25) is 5.10 Å². The Bertz CT molecular complexity index is 697. The Balaban J connectivity index is 1.54. The number of aromatic nitrogens is 3. The Labute approximate surface area is 133 Å². The summed E-state index contributed by atoms with van der Waals surface area (Å²) in [4.78, 5) is 4.52. The fourth-order valence-electron chi connectivity index (χ4n) is 2.82. The number of rotatable bonds is 5. The van der Waals surface area contributed by atoms with Gasteiger partial charge in [0.25, 0.3) is 0 Å². The number of nitrogens with zero attached hydrogens (tertiary/aromatic N) is 2. The van der Waals surface area contributed by atoms with Crippen molar-refractivity contribution in [1.29, 1.82) is 0 Å². The first kappa shape index (κ1) is 14.3. The van der Waals surface area contributed by atoms with Crippen LogP contribution in [0.3, 0.4) is 0 Å². The average Bonchev–Trinajstić information content (AvgIpc) is 3.27. The highest BCUT2D eigenvalue weighted by molar-refractivity contribution is 5.60. The standard InChI is InChI=1S/C15H18N4O4/c1-2-23-15(5-6-20-8-15)13-17-14(19-18-13)16-10-3-4-11-12(7-10)22-9-21-11/h3-4,7H,2,5-6,8-9H2,1H3,(H2,16,17,18,19). The van der Waals surface area contributed by atoms with Crippen LogP contribution in [0.25, 0.3) is 0 Å². The SMILES string of the molecule is CCOC1(c2nc(Nc3ccc4c(c3)OCO4)n[nH]2)CCOC1. The van der Waals surface area contributed by atoms with Crippen molar-refractivity contribution in [2.75, 3.05) is 31.9 Å². The summed E-state index contributed by atoms with van der Waals surface area (Å²) in [5, 5.41) is 10.3. The van der Waals surface area contributed by atoms with Gasteiger partial charge in [0.15, 0.2) is 22.9 Å². The van der Waals surface area contributed by atoms with Gasteiger partial charge in [0.2, 0.25) is 12.7 Å². The fourth-order valence-corrected chi connectivity index (χ4v) is 2.82. The second-order valence-corrected chi connectivity index (χ2v) is 5.43. The van der Waals surface area contributed by atoms with E-state index in [9.17, 15) is 0 Å². The minimum absolute atomic E-state index is 0.250. The molecule has 0 aliphatic carbocycles. The van der Waals surface area contributed by atoms with Crippen LogP contribution in [0.15, 0.2) is 18.2 Å². The molecule has 0 radical (unpaired) electrons. The topological polar surface area (TPSA) is 90.5 Å². The van der Waals surface area contributed by atoms with Gasteiger partial charge in [-0.25, -0.2) is 0 Å². The molecule has 1 fully saturated rings. The first-order valence-corrected chi connectivity index (χ1v) is 7.60. The third-order valence-corrected chi connectivity index (χ3v) is 3.95. The van der Waals surface area contributed by atoms with Crippen molar-refractivity contribution in [1.82, 2.24) is 15.2 Å². The zero-order valence-corrected chi connectivity index (χ0v) is 12.8. The van der Waals surface area contributed by atoms with E-state index >= 15 is 0 Å². The van der Waals surface area contributed by atoms with Crippen LogP contribution in [0.5, 0.6) is 11.5 Å². The monoisotopic (exact) mass is 318 g/mol. The van der Waals surface area contributed by atoms with Crippen molar-refractivity contribution < 1.29 is 18.9 Å². The molecule has 4 rings (SSSR count). The zero-order chi connectivity index (χ0) is 15.7. The molecule has 8 nitrogen and oxygen atoms in total. The van der Waals surface area contributed by atoms with Crippen LogP contribution in [0.4, 0.5) is 11.6 Å². The third kappa shape index (κ3) is 2.60. The van der Waals surface area contributed by atoms with Crippen LogP contribution in [0.2, 0.25) is 0 Å². The van der Waals surface area contributed by atoms with Crippen LogP contribution in [0, 0.1) is 0 Å². The molecule has 8 heteroatoms. The molecule has 3 heterocycles. The molecule has 1 unspecified atom stereocenters. The summed E-state index contributed by atoms with van der Waals surface area (Å²) in [7, 11) is 0. The molecule has 2 aliphatic heterocycles. The van der Waals surface area contributed by atoms with Gasteiger partial charge in [-0.2, -0.15) is 4.98 Å². The molecule has 23 heavy (non-hydrogen) atoms. The van der Waals surface area contributed by atoms with Gasteiger partial charge in [0.1, 0.15) is 0 Å². The van der Waals surface area contributed by atoms with Crippen LogP contribution in [0.1, 0.15) is 19.2 Å². The Morgan fingerprint density at radius 3 is 3.09 bits per heavy atom. The molecular formula is C15H18N4O4. The van der Waals surface area contributed by atoms with E-state index in [1.807, 2.05) is 25.1 Å². The number of H-pyrrole nitrogens is 1. The van der Waals surface area contributed by atoms with E-state index in [0.29, 0.717) is 37.3 Å². The van der Waals surface area contributed by atoms with Gasteiger partial charge >= 0.3 is 0 Å². The Morgan fingerprint density at radius 1 is 1.35 bits per heavy atom. The molecule has 1 atom stereocenters. The Kier molecular flexibility index (Phi) is 3.55. The number of hydrogen-bond acceptors (Lipinski definition) is 7. The van der Waals surface area contributed by atoms with E-state index in [1.54, 1.807) is 0 Å². The molecule has 1 saturated heterocycles. The molecule has 122 valence electrons. The largest absolute Gasteiger partial charge is 0.454 e. The molecule has 0 amide bonds. The summed E-state index contributed by atoms with van der Waals surface area (Å²) in [6.07, 6.45) is 0.763. The highest BCUT2D eigenvalue weighted by Gasteiger charge is 2.40. The van der Waals surface area contributed by atoms with Gasteiger partial charge in [-0.15, -0.1) is 5.10 Å². The van der Waals surface area contributed by atoms with Gasteiger partial charge in [-0.1, -0.05) is 0 Å². The number of nitrogens with one attached hydrogen (secondary N) is 2. The second kappa shape index (κ2) is 5.71. The van der Waals surface area contributed by atoms with E-state index < -0.39 is 5.60 Å². The van der Waals surface area contributed by atoms with Crippen LogP contribution < -0.4 is 14.8 Å². The molecule has 0 saturated carbocycles. The Morgan fingerprint density at radius 2 is 2.26 bits per heavy atom. The van der Waals surface area contributed by atoms with Gasteiger partial charge in [0, 0.05) is 24.8 Å². The normalized spacial score (nSPS) is 22.5. The lowest BCUT2D eigenvalue weighted by molar-refractivity contribution is -0.0542. The lowest BCUT2D eigenvalue weighted by Crippen LogP contribution is -2.31. The maximum atomic E-state index is 5.88. The average molecular weight is 318 g/mol. The summed E-state index contributed by atoms with van der Waals surface area (Å²) in [5.41, 5.74) is 0.296. The van der Waals surface area contributed by atoms with Crippen molar-refractivity contribution >= 4 is 11.6 Å². The van der Waals surface area contributed by atoms with Crippen molar-refractivity contribution in [3.05, 3.63) is 24.0 Å². The smallest absolute Gasteiger partial charge is 0.246 e. The predicted octanol–water partition coefficient (Wildman–Crippen LogP) is 1.93. The van der Waals surface area contributed by atoms with E-state index in [1.165, 1.54) is 0 Å². The van der Waals surface area contributed by atoms with Crippen molar-refractivity contribution in [3.63, 3.8) is 0 Å². The number of hydrogen-bond donors (Lipinski definition) is 2. The maximum Gasteiger partial charge on any atom is 0.246 e. The number of benzene rings is 1. The van der Waals surface area contributed by atoms with Gasteiger partial charge < -0.3 is 24.3 Å². The van der Waals surface area contributed by atoms with Crippen LogP contribution in [-0.4, -0.2) is 41.8 Å². The fraction of sp³-hybridized carbons (Fsp3) is 0.467. The van der Waals surface area contributed by atoms with Crippen molar-refractivity contribution in [2.24, 2.45) is 0 Å². The minimum Gasteiger partial charge on any atom is -0.454 e. The number of ether oxygens (including phenoxy) is 4.